The molecule has 1 aromatic heterocycles. The summed E-state index contributed by atoms with van der Waals surface area (Å²) in [7, 11) is 0. The molecule has 0 aliphatic rings. The van der Waals surface area contributed by atoms with Crippen molar-refractivity contribution in [3.8, 4) is 0 Å². The largest absolute Gasteiger partial charge is 0.253 e. The quantitative estimate of drug-likeness (QED) is 0.437. The minimum atomic E-state index is 0.258. The van der Waals surface area contributed by atoms with Crippen molar-refractivity contribution < 1.29 is 0 Å². The van der Waals surface area contributed by atoms with Gasteiger partial charge >= 0.3 is 0 Å². The van der Waals surface area contributed by atoms with E-state index >= 15 is 0 Å². The summed E-state index contributed by atoms with van der Waals surface area (Å²) in [5, 5.41) is 1.35. The maximum Gasteiger partial charge on any atom is 0.0708 e. The van der Waals surface area contributed by atoms with Gasteiger partial charge in [-0.25, -0.2) is 0 Å². The second kappa shape index (κ2) is 10.7. The fraction of sp³-hybridized carbons (Fsp3) is 0.640. The molecular weight excluding hydrogens is 314 g/mol. The summed E-state index contributed by atoms with van der Waals surface area (Å²) in [6.45, 7) is 17.9. The zero-order chi connectivity index (χ0) is 19.7. The number of pyridine rings is 1. The van der Waals surface area contributed by atoms with Crippen LogP contribution in [0.25, 0.3) is 10.9 Å². The molecule has 0 bridgehead atoms. The molecule has 0 fully saturated rings. The van der Waals surface area contributed by atoms with Crippen molar-refractivity contribution in [2.45, 2.75) is 99.3 Å². The first-order chi connectivity index (χ1) is 12.5. The van der Waals surface area contributed by atoms with Gasteiger partial charge in [-0.1, -0.05) is 80.2 Å². The Labute approximate surface area is 162 Å². The summed E-state index contributed by atoms with van der Waals surface area (Å²) in [6, 6.07) is 9.28. The van der Waals surface area contributed by atoms with E-state index in [9.17, 15) is 0 Å². The Balaban J connectivity index is 0.00000163. The van der Waals surface area contributed by atoms with Crippen LogP contribution in [0.1, 0.15) is 97.4 Å². The number of hydrogen-bond donors (Lipinski definition) is 0. The van der Waals surface area contributed by atoms with Gasteiger partial charge in [0.2, 0.25) is 0 Å². The number of benzene rings is 1. The van der Waals surface area contributed by atoms with Gasteiger partial charge in [0.1, 0.15) is 0 Å². The molecule has 1 heteroatoms. The number of aromatic nitrogens is 1. The minimum Gasteiger partial charge on any atom is -0.253 e. The summed E-state index contributed by atoms with van der Waals surface area (Å²) in [6.07, 6.45) is 7.52. The van der Waals surface area contributed by atoms with E-state index in [1.807, 2.05) is 13.8 Å². The predicted octanol–water partition coefficient (Wildman–Crippen LogP) is 8.02. The van der Waals surface area contributed by atoms with Gasteiger partial charge in [0.15, 0.2) is 0 Å². The van der Waals surface area contributed by atoms with Crippen LogP contribution in [0.3, 0.4) is 0 Å². The lowest BCUT2D eigenvalue weighted by Crippen LogP contribution is -2.30. The molecule has 0 radical (unpaired) electrons. The lowest BCUT2D eigenvalue weighted by atomic mass is 9.68. The van der Waals surface area contributed by atoms with Crippen LogP contribution in [0.2, 0.25) is 0 Å². The second-order valence-corrected chi connectivity index (χ2v) is 7.69. The molecule has 1 aromatic carbocycles. The Bertz CT molecular complexity index is 673. The van der Waals surface area contributed by atoms with E-state index in [1.165, 1.54) is 48.6 Å². The van der Waals surface area contributed by atoms with Crippen LogP contribution >= 0.6 is 0 Å². The highest BCUT2D eigenvalue weighted by Crippen LogP contribution is 2.40. The van der Waals surface area contributed by atoms with Crippen LogP contribution < -0.4 is 0 Å². The molecule has 2 aromatic rings. The average molecular weight is 356 g/mol. The van der Waals surface area contributed by atoms with Gasteiger partial charge in [-0.3, -0.25) is 4.98 Å². The molecule has 0 aliphatic carbocycles. The molecule has 0 amide bonds. The minimum absolute atomic E-state index is 0.258. The first-order valence-corrected chi connectivity index (χ1v) is 10.9. The highest BCUT2D eigenvalue weighted by atomic mass is 14.7. The topological polar surface area (TPSA) is 12.9 Å². The molecule has 0 saturated carbocycles. The predicted molar refractivity (Wildman–Crippen MR) is 118 cm³/mol. The number of nitrogens with zero attached hydrogens (tertiary/aromatic N) is 1. The maximum atomic E-state index is 4.75. The van der Waals surface area contributed by atoms with Crippen LogP contribution in [-0.4, -0.2) is 4.98 Å². The molecule has 2 atom stereocenters. The van der Waals surface area contributed by atoms with Gasteiger partial charge < -0.3 is 0 Å². The third-order valence-corrected chi connectivity index (χ3v) is 6.06. The third-order valence-electron chi connectivity index (χ3n) is 6.06. The third kappa shape index (κ3) is 5.09. The second-order valence-electron chi connectivity index (χ2n) is 7.69. The maximum absolute atomic E-state index is 4.75. The van der Waals surface area contributed by atoms with Crippen LogP contribution in [0, 0.1) is 12.8 Å². The van der Waals surface area contributed by atoms with E-state index in [0.29, 0.717) is 5.92 Å². The Morgan fingerprint density at radius 3 is 2.31 bits per heavy atom. The van der Waals surface area contributed by atoms with Crippen molar-refractivity contribution in [3.05, 3.63) is 41.1 Å². The number of rotatable bonds is 8. The van der Waals surface area contributed by atoms with E-state index in [2.05, 4.69) is 65.8 Å². The monoisotopic (exact) mass is 355 g/mol. The summed E-state index contributed by atoms with van der Waals surface area (Å²) >= 11 is 0. The molecule has 2 rings (SSSR count). The van der Waals surface area contributed by atoms with Crippen molar-refractivity contribution in [1.82, 2.24) is 4.98 Å². The van der Waals surface area contributed by atoms with Crippen molar-refractivity contribution in [2.75, 3.05) is 0 Å². The van der Waals surface area contributed by atoms with Gasteiger partial charge in [0, 0.05) is 11.1 Å². The van der Waals surface area contributed by atoms with Crippen molar-refractivity contribution in [2.24, 2.45) is 5.92 Å². The van der Waals surface area contributed by atoms with Crippen molar-refractivity contribution >= 4 is 10.9 Å². The van der Waals surface area contributed by atoms with Crippen LogP contribution in [0.4, 0.5) is 0 Å². The summed E-state index contributed by atoms with van der Waals surface area (Å²) in [4.78, 5) is 4.75. The molecule has 1 nitrogen and oxygen atoms in total. The summed E-state index contributed by atoms with van der Waals surface area (Å²) in [5.74, 6) is 0.690. The van der Waals surface area contributed by atoms with E-state index < -0.39 is 0 Å². The van der Waals surface area contributed by atoms with Crippen molar-refractivity contribution in [1.29, 1.82) is 0 Å². The average Bonchev–Trinajstić information content (AvgIpc) is 2.67. The van der Waals surface area contributed by atoms with E-state index in [4.69, 9.17) is 4.98 Å². The Morgan fingerprint density at radius 1 is 1.04 bits per heavy atom. The molecule has 146 valence electrons. The number of aryl methyl sites for hydroxylation is 2. The van der Waals surface area contributed by atoms with Gasteiger partial charge in [0.05, 0.1) is 5.52 Å². The van der Waals surface area contributed by atoms with Gasteiger partial charge in [-0.15, -0.1) is 0 Å². The SMILES string of the molecule is CC.CCCCC[C@@](C)(c1ccc2nc(C)cc(CC)c2c1)C(C)CC. The molecule has 0 aliphatic heterocycles. The highest BCUT2D eigenvalue weighted by molar-refractivity contribution is 5.83. The highest BCUT2D eigenvalue weighted by Gasteiger charge is 2.31. The molecule has 0 spiro atoms. The van der Waals surface area contributed by atoms with E-state index in [0.717, 1.165) is 17.6 Å². The van der Waals surface area contributed by atoms with Crippen molar-refractivity contribution in [3.63, 3.8) is 0 Å². The van der Waals surface area contributed by atoms with Crippen LogP contribution in [0.5, 0.6) is 0 Å². The lowest BCUT2D eigenvalue weighted by molar-refractivity contribution is 0.276. The number of hydrogen-bond acceptors (Lipinski definition) is 1. The van der Waals surface area contributed by atoms with Gasteiger partial charge in [0.25, 0.3) is 0 Å². The first-order valence-electron chi connectivity index (χ1n) is 10.9. The molecule has 1 heterocycles. The molecule has 0 saturated heterocycles. The molecule has 1 unspecified atom stereocenters. The van der Waals surface area contributed by atoms with E-state index in [-0.39, 0.29) is 5.41 Å². The number of unbranched alkanes of at least 4 members (excludes halogenated alkanes) is 2. The fourth-order valence-electron chi connectivity index (χ4n) is 3.96. The zero-order valence-electron chi connectivity index (χ0n) is 18.6. The standard InChI is InChI=1S/C23H35N.C2H6/c1-7-10-11-14-23(6,17(4)8-2)20-12-13-22-21(16-20)19(9-3)15-18(5)24-22;1-2/h12-13,15-17H,7-11,14H2,1-6H3;1-2H3/t17?,23-;/m1./s1. The summed E-state index contributed by atoms with van der Waals surface area (Å²) < 4.78 is 0. The normalized spacial score (nSPS) is 14.5. The fourth-order valence-corrected chi connectivity index (χ4v) is 3.96. The Morgan fingerprint density at radius 2 is 1.73 bits per heavy atom. The van der Waals surface area contributed by atoms with Crippen LogP contribution in [0.15, 0.2) is 24.3 Å². The van der Waals surface area contributed by atoms with Gasteiger partial charge in [-0.2, -0.15) is 0 Å². The first kappa shape index (κ1) is 22.7. The molecule has 0 N–H and O–H groups in total. The lowest BCUT2D eigenvalue weighted by Gasteiger charge is -2.36. The summed E-state index contributed by atoms with van der Waals surface area (Å²) in [5.41, 5.74) is 5.46. The van der Waals surface area contributed by atoms with Crippen LogP contribution in [-0.2, 0) is 11.8 Å². The smallest absolute Gasteiger partial charge is 0.0708 e. The number of fused-ring (bicyclic) bond motifs is 1. The van der Waals surface area contributed by atoms with E-state index in [1.54, 1.807) is 0 Å². The Hall–Kier alpha value is -1.37. The molecule has 26 heavy (non-hydrogen) atoms. The zero-order valence-corrected chi connectivity index (χ0v) is 18.6. The Kier molecular flexibility index (Phi) is 9.33. The van der Waals surface area contributed by atoms with Gasteiger partial charge in [-0.05, 0) is 60.4 Å². The molecular formula is C25H41N.